The summed E-state index contributed by atoms with van der Waals surface area (Å²) in [6.45, 7) is 3.77. The molecule has 3 rings (SSSR count). The Bertz CT molecular complexity index is 929. The van der Waals surface area contributed by atoms with Crippen LogP contribution >= 0.6 is 0 Å². The summed E-state index contributed by atoms with van der Waals surface area (Å²) in [4.78, 5) is 12.2. The molecule has 2 aromatic heterocycles. The fourth-order valence-corrected chi connectivity index (χ4v) is 2.48. The standard InChI is InChI=1S/C16H15F2N5O/c1-8-15(9(2)23(3)22-8)13-7-14(21-20-13)16(24)19-10-4-5-11(17)12(18)6-10/h4-7H,1-3H3,(H,19,24)(H,20,21). The van der Waals surface area contributed by atoms with Crippen LogP contribution in [0, 0.1) is 25.5 Å². The minimum absolute atomic E-state index is 0.156. The van der Waals surface area contributed by atoms with Gasteiger partial charge in [-0.1, -0.05) is 0 Å². The summed E-state index contributed by atoms with van der Waals surface area (Å²) in [6.07, 6.45) is 0. The Hall–Kier alpha value is -3.03. The van der Waals surface area contributed by atoms with Gasteiger partial charge >= 0.3 is 0 Å². The first-order valence-corrected chi connectivity index (χ1v) is 7.19. The highest BCUT2D eigenvalue weighted by Gasteiger charge is 2.17. The fourth-order valence-electron chi connectivity index (χ4n) is 2.48. The van der Waals surface area contributed by atoms with Crippen LogP contribution in [0.3, 0.4) is 0 Å². The van der Waals surface area contributed by atoms with E-state index in [1.165, 1.54) is 6.07 Å². The zero-order valence-electron chi connectivity index (χ0n) is 13.3. The van der Waals surface area contributed by atoms with E-state index < -0.39 is 17.5 Å². The molecule has 1 aromatic carbocycles. The molecule has 124 valence electrons. The SMILES string of the molecule is Cc1nn(C)c(C)c1-c1cc(C(=O)Nc2ccc(F)c(F)c2)[nH]n1. The van der Waals surface area contributed by atoms with Crippen LogP contribution < -0.4 is 5.32 Å². The summed E-state index contributed by atoms with van der Waals surface area (Å²) in [7, 11) is 1.83. The average molecular weight is 331 g/mol. The highest BCUT2D eigenvalue weighted by atomic mass is 19.2. The number of H-pyrrole nitrogens is 1. The molecule has 1 amide bonds. The largest absolute Gasteiger partial charge is 0.321 e. The van der Waals surface area contributed by atoms with E-state index in [1.54, 1.807) is 10.7 Å². The molecule has 2 heterocycles. The van der Waals surface area contributed by atoms with E-state index in [0.29, 0.717) is 5.69 Å². The highest BCUT2D eigenvalue weighted by Crippen LogP contribution is 2.25. The number of aromatic nitrogens is 4. The predicted octanol–water partition coefficient (Wildman–Crippen LogP) is 2.96. The molecule has 3 aromatic rings. The van der Waals surface area contributed by atoms with Crippen molar-refractivity contribution in [1.29, 1.82) is 0 Å². The smallest absolute Gasteiger partial charge is 0.273 e. The number of aromatic amines is 1. The molecular weight excluding hydrogens is 316 g/mol. The van der Waals surface area contributed by atoms with Gasteiger partial charge in [-0.25, -0.2) is 8.78 Å². The fraction of sp³-hybridized carbons (Fsp3) is 0.188. The second kappa shape index (κ2) is 5.88. The lowest BCUT2D eigenvalue weighted by atomic mass is 10.1. The Kier molecular flexibility index (Phi) is 3.88. The van der Waals surface area contributed by atoms with Crippen molar-refractivity contribution in [2.24, 2.45) is 7.05 Å². The number of carbonyl (C=O) groups is 1. The Morgan fingerprint density at radius 2 is 1.96 bits per heavy atom. The quantitative estimate of drug-likeness (QED) is 0.775. The van der Waals surface area contributed by atoms with Gasteiger partial charge in [-0.05, 0) is 32.0 Å². The van der Waals surface area contributed by atoms with Crippen molar-refractivity contribution in [1.82, 2.24) is 20.0 Å². The maximum atomic E-state index is 13.2. The van der Waals surface area contributed by atoms with Crippen LogP contribution in [0.4, 0.5) is 14.5 Å². The molecule has 0 aliphatic rings. The number of nitrogens with zero attached hydrogens (tertiary/aromatic N) is 3. The van der Waals surface area contributed by atoms with Gasteiger partial charge in [0, 0.05) is 30.1 Å². The van der Waals surface area contributed by atoms with Crippen LogP contribution in [-0.2, 0) is 7.05 Å². The molecule has 0 saturated heterocycles. The molecule has 0 bridgehead atoms. The molecule has 24 heavy (non-hydrogen) atoms. The number of anilines is 1. The maximum Gasteiger partial charge on any atom is 0.273 e. The lowest BCUT2D eigenvalue weighted by Gasteiger charge is -2.03. The van der Waals surface area contributed by atoms with Crippen molar-refractivity contribution in [2.45, 2.75) is 13.8 Å². The van der Waals surface area contributed by atoms with Crippen LogP contribution in [0.2, 0.25) is 0 Å². The summed E-state index contributed by atoms with van der Waals surface area (Å²) in [6, 6.07) is 4.74. The van der Waals surface area contributed by atoms with Crippen LogP contribution in [0.5, 0.6) is 0 Å². The van der Waals surface area contributed by atoms with Crippen LogP contribution in [-0.4, -0.2) is 25.9 Å². The second-order valence-electron chi connectivity index (χ2n) is 5.42. The summed E-state index contributed by atoms with van der Waals surface area (Å²) in [5.74, 6) is -2.50. The average Bonchev–Trinajstić information content (AvgIpc) is 3.09. The number of carbonyl (C=O) groups excluding carboxylic acids is 1. The molecule has 0 saturated carbocycles. The highest BCUT2D eigenvalue weighted by molar-refractivity contribution is 6.03. The monoisotopic (exact) mass is 331 g/mol. The summed E-state index contributed by atoms with van der Waals surface area (Å²) in [5.41, 5.74) is 3.52. The van der Waals surface area contributed by atoms with Gasteiger partial charge in [0.15, 0.2) is 11.6 Å². The van der Waals surface area contributed by atoms with Crippen LogP contribution in [0.15, 0.2) is 24.3 Å². The molecule has 0 spiro atoms. The number of hydrogen-bond acceptors (Lipinski definition) is 3. The Morgan fingerprint density at radius 3 is 2.58 bits per heavy atom. The number of aryl methyl sites for hydroxylation is 2. The van der Waals surface area contributed by atoms with Crippen molar-refractivity contribution >= 4 is 11.6 Å². The van der Waals surface area contributed by atoms with E-state index in [-0.39, 0.29) is 11.4 Å². The van der Waals surface area contributed by atoms with Crippen molar-refractivity contribution < 1.29 is 13.6 Å². The zero-order valence-corrected chi connectivity index (χ0v) is 13.3. The topological polar surface area (TPSA) is 75.6 Å². The molecule has 0 fully saturated rings. The van der Waals surface area contributed by atoms with Gasteiger partial charge in [0.2, 0.25) is 0 Å². The van der Waals surface area contributed by atoms with Gasteiger partial charge in [0.05, 0.1) is 11.4 Å². The molecule has 0 radical (unpaired) electrons. The van der Waals surface area contributed by atoms with E-state index in [1.807, 2.05) is 20.9 Å². The van der Waals surface area contributed by atoms with Crippen molar-refractivity contribution in [2.75, 3.05) is 5.32 Å². The number of nitrogens with one attached hydrogen (secondary N) is 2. The molecule has 0 aliphatic heterocycles. The summed E-state index contributed by atoms with van der Waals surface area (Å²) >= 11 is 0. The van der Waals surface area contributed by atoms with E-state index in [2.05, 4.69) is 20.6 Å². The number of rotatable bonds is 3. The third-order valence-corrected chi connectivity index (χ3v) is 3.77. The first-order valence-electron chi connectivity index (χ1n) is 7.19. The molecule has 2 N–H and O–H groups in total. The number of halogens is 2. The first-order chi connectivity index (χ1) is 11.4. The van der Waals surface area contributed by atoms with Gasteiger partial charge in [0.1, 0.15) is 5.69 Å². The van der Waals surface area contributed by atoms with Crippen molar-refractivity contribution in [3.8, 4) is 11.3 Å². The molecule has 8 heteroatoms. The Balaban J connectivity index is 1.84. The van der Waals surface area contributed by atoms with E-state index >= 15 is 0 Å². The molecular formula is C16H15F2N5O. The van der Waals surface area contributed by atoms with Crippen LogP contribution in [0.25, 0.3) is 11.3 Å². The van der Waals surface area contributed by atoms with Gasteiger partial charge < -0.3 is 5.32 Å². The molecule has 0 unspecified atom stereocenters. The normalized spacial score (nSPS) is 10.9. The minimum atomic E-state index is -1.03. The molecule has 6 nitrogen and oxygen atoms in total. The number of benzene rings is 1. The number of hydrogen-bond donors (Lipinski definition) is 2. The van der Waals surface area contributed by atoms with Gasteiger partial charge in [-0.3, -0.25) is 14.6 Å². The van der Waals surface area contributed by atoms with E-state index in [9.17, 15) is 13.6 Å². The Morgan fingerprint density at radius 1 is 1.21 bits per heavy atom. The number of amides is 1. The van der Waals surface area contributed by atoms with E-state index in [0.717, 1.165) is 29.1 Å². The van der Waals surface area contributed by atoms with Gasteiger partial charge in [-0.15, -0.1) is 0 Å². The first kappa shape index (κ1) is 15.9. The molecule has 0 aliphatic carbocycles. The van der Waals surface area contributed by atoms with Crippen molar-refractivity contribution in [3.63, 3.8) is 0 Å². The minimum Gasteiger partial charge on any atom is -0.321 e. The second-order valence-corrected chi connectivity index (χ2v) is 5.42. The predicted molar refractivity (Wildman–Crippen MR) is 84.6 cm³/mol. The summed E-state index contributed by atoms with van der Waals surface area (Å²) in [5, 5.41) is 13.6. The van der Waals surface area contributed by atoms with Gasteiger partial charge in [0.25, 0.3) is 5.91 Å². The van der Waals surface area contributed by atoms with Gasteiger partial charge in [-0.2, -0.15) is 10.2 Å². The third-order valence-electron chi connectivity index (χ3n) is 3.77. The zero-order chi connectivity index (χ0) is 17.4. The third kappa shape index (κ3) is 2.78. The summed E-state index contributed by atoms with van der Waals surface area (Å²) < 4.78 is 27.8. The Labute approximate surface area is 136 Å². The van der Waals surface area contributed by atoms with E-state index in [4.69, 9.17) is 0 Å². The van der Waals surface area contributed by atoms with Crippen molar-refractivity contribution in [3.05, 3.63) is 53.0 Å². The van der Waals surface area contributed by atoms with Crippen LogP contribution in [0.1, 0.15) is 21.9 Å². The molecule has 0 atom stereocenters. The lowest BCUT2D eigenvalue weighted by molar-refractivity contribution is 0.102. The maximum absolute atomic E-state index is 13.2. The lowest BCUT2D eigenvalue weighted by Crippen LogP contribution is -2.12.